The number of benzene rings is 1. The summed E-state index contributed by atoms with van der Waals surface area (Å²) in [5.41, 5.74) is 0.0815. The Kier molecular flexibility index (Phi) is 3.65. The maximum Gasteiger partial charge on any atom is 0.414 e. The highest BCUT2D eigenvalue weighted by Gasteiger charge is 2.32. The van der Waals surface area contributed by atoms with Gasteiger partial charge in [0, 0.05) is 11.7 Å². The van der Waals surface area contributed by atoms with Crippen molar-refractivity contribution in [2.24, 2.45) is 0 Å². The number of aromatic amines is 1. The van der Waals surface area contributed by atoms with Crippen molar-refractivity contribution in [1.29, 1.82) is 0 Å². The van der Waals surface area contributed by atoms with Gasteiger partial charge in [-0.05, 0) is 32.9 Å². The van der Waals surface area contributed by atoms with Crippen molar-refractivity contribution in [3.63, 3.8) is 0 Å². The predicted molar refractivity (Wildman–Crippen MR) is 77.9 cm³/mol. The number of methoxy groups -OCH3 is 1. The van der Waals surface area contributed by atoms with Crippen LogP contribution in [0.15, 0.2) is 18.3 Å². The molecule has 0 aliphatic heterocycles. The molecular formula is C14H16ClFN2O2. The Hall–Kier alpha value is -1.75. The Morgan fingerprint density at radius 1 is 1.40 bits per heavy atom. The number of amides is 1. The van der Waals surface area contributed by atoms with Crippen molar-refractivity contribution in [1.82, 2.24) is 4.98 Å². The van der Waals surface area contributed by atoms with Gasteiger partial charge in [0.2, 0.25) is 0 Å². The highest BCUT2D eigenvalue weighted by Crippen LogP contribution is 2.35. The smallest absolute Gasteiger partial charge is 0.414 e. The third-order valence-electron chi connectivity index (χ3n) is 2.98. The number of rotatable bonds is 1. The van der Waals surface area contributed by atoms with E-state index in [1.54, 1.807) is 26.8 Å². The molecule has 0 bridgehead atoms. The van der Waals surface area contributed by atoms with E-state index in [0.29, 0.717) is 5.52 Å². The molecule has 2 aromatic rings. The Morgan fingerprint density at radius 2 is 2.05 bits per heavy atom. The molecule has 0 spiro atoms. The summed E-state index contributed by atoms with van der Waals surface area (Å²) >= 11 is 5.98. The van der Waals surface area contributed by atoms with Gasteiger partial charge in [-0.1, -0.05) is 11.6 Å². The molecule has 1 amide bonds. The van der Waals surface area contributed by atoms with Crippen LogP contribution in [0.5, 0.6) is 0 Å². The van der Waals surface area contributed by atoms with E-state index >= 15 is 0 Å². The second kappa shape index (κ2) is 4.98. The Balaban J connectivity index is 2.68. The van der Waals surface area contributed by atoms with Gasteiger partial charge in [-0.25, -0.2) is 9.18 Å². The van der Waals surface area contributed by atoms with Crippen LogP contribution in [0.1, 0.15) is 20.8 Å². The van der Waals surface area contributed by atoms with Crippen LogP contribution >= 0.6 is 11.6 Å². The van der Waals surface area contributed by atoms with Crippen molar-refractivity contribution in [2.45, 2.75) is 26.3 Å². The molecule has 1 heterocycles. The molecule has 0 atom stereocenters. The van der Waals surface area contributed by atoms with E-state index in [1.807, 2.05) is 0 Å². The highest BCUT2D eigenvalue weighted by molar-refractivity contribution is 6.35. The second-order valence-corrected chi connectivity index (χ2v) is 5.84. The summed E-state index contributed by atoms with van der Waals surface area (Å²) in [6, 6.07) is 3.22. The van der Waals surface area contributed by atoms with Crippen molar-refractivity contribution >= 4 is 34.3 Å². The van der Waals surface area contributed by atoms with Crippen molar-refractivity contribution < 1.29 is 13.9 Å². The Morgan fingerprint density at radius 3 is 2.60 bits per heavy atom. The van der Waals surface area contributed by atoms with Crippen LogP contribution in [-0.4, -0.2) is 23.7 Å². The van der Waals surface area contributed by atoms with Crippen LogP contribution < -0.4 is 4.90 Å². The fourth-order valence-corrected chi connectivity index (χ4v) is 2.37. The third-order valence-corrected chi connectivity index (χ3v) is 3.28. The van der Waals surface area contributed by atoms with E-state index in [9.17, 15) is 9.18 Å². The van der Waals surface area contributed by atoms with Gasteiger partial charge in [0.05, 0.1) is 28.7 Å². The van der Waals surface area contributed by atoms with E-state index in [2.05, 4.69) is 4.98 Å². The third kappa shape index (κ3) is 2.33. The molecule has 0 radical (unpaired) electrons. The number of hydrogen-bond acceptors (Lipinski definition) is 2. The summed E-state index contributed by atoms with van der Waals surface area (Å²) in [7, 11) is 1.26. The zero-order valence-corrected chi connectivity index (χ0v) is 12.5. The standard InChI is InChI=1S/C14H16ClFN2O2/c1-14(2,3)18(13(19)20-4)10-6-5-9-11(12(10)16)8(15)7-17-9/h5-7,17H,1-4H3. The summed E-state index contributed by atoms with van der Waals surface area (Å²) in [6.07, 6.45) is 0.890. The molecule has 1 N–H and O–H groups in total. The van der Waals surface area contributed by atoms with Gasteiger partial charge >= 0.3 is 6.09 Å². The van der Waals surface area contributed by atoms with Crippen LogP contribution in [0.4, 0.5) is 14.9 Å². The maximum atomic E-state index is 14.7. The molecule has 1 aromatic carbocycles. The number of nitrogens with zero attached hydrogens (tertiary/aromatic N) is 1. The average Bonchev–Trinajstić information content (AvgIpc) is 2.73. The number of aromatic nitrogens is 1. The SMILES string of the molecule is COC(=O)N(c1ccc2[nH]cc(Cl)c2c1F)C(C)(C)C. The molecule has 0 fully saturated rings. The van der Waals surface area contributed by atoms with Crippen molar-refractivity contribution in [3.05, 3.63) is 29.2 Å². The summed E-state index contributed by atoms with van der Waals surface area (Å²) < 4.78 is 19.4. The number of nitrogens with one attached hydrogen (secondary N) is 1. The minimum absolute atomic E-state index is 0.137. The van der Waals surface area contributed by atoms with Gasteiger partial charge in [0.25, 0.3) is 0 Å². The normalized spacial score (nSPS) is 11.7. The predicted octanol–water partition coefficient (Wildman–Crippen LogP) is 4.33. The van der Waals surface area contributed by atoms with Gasteiger partial charge in [-0.3, -0.25) is 4.90 Å². The van der Waals surface area contributed by atoms with Gasteiger partial charge in [0.15, 0.2) is 5.82 Å². The zero-order chi connectivity index (χ0) is 15.1. The summed E-state index contributed by atoms with van der Waals surface area (Å²) in [5.74, 6) is -0.547. The molecule has 6 heteroatoms. The number of ether oxygens (including phenoxy) is 1. The van der Waals surface area contributed by atoms with Gasteiger partial charge in [-0.15, -0.1) is 0 Å². The molecule has 0 unspecified atom stereocenters. The van der Waals surface area contributed by atoms with E-state index in [0.717, 1.165) is 0 Å². The molecule has 0 saturated carbocycles. The highest BCUT2D eigenvalue weighted by atomic mass is 35.5. The Bertz CT molecular complexity index is 661. The fraction of sp³-hybridized carbons (Fsp3) is 0.357. The lowest BCUT2D eigenvalue weighted by Gasteiger charge is -2.34. The Labute approximate surface area is 121 Å². The van der Waals surface area contributed by atoms with E-state index in [-0.39, 0.29) is 16.1 Å². The van der Waals surface area contributed by atoms with Crippen LogP contribution in [0.3, 0.4) is 0 Å². The first-order valence-electron chi connectivity index (χ1n) is 6.10. The summed E-state index contributed by atoms with van der Waals surface area (Å²) in [6.45, 7) is 5.39. The lowest BCUT2D eigenvalue weighted by molar-refractivity contribution is 0.172. The first-order valence-corrected chi connectivity index (χ1v) is 6.48. The number of H-pyrrole nitrogens is 1. The topological polar surface area (TPSA) is 45.3 Å². The van der Waals surface area contributed by atoms with Crippen LogP contribution in [0.2, 0.25) is 5.02 Å². The first-order chi connectivity index (χ1) is 9.27. The molecule has 0 saturated heterocycles. The monoisotopic (exact) mass is 298 g/mol. The zero-order valence-electron chi connectivity index (χ0n) is 11.8. The molecule has 1 aromatic heterocycles. The number of carbonyl (C=O) groups is 1. The van der Waals surface area contributed by atoms with Crippen LogP contribution in [-0.2, 0) is 4.74 Å². The number of hydrogen-bond donors (Lipinski definition) is 1. The number of fused-ring (bicyclic) bond motifs is 1. The molecule has 4 nitrogen and oxygen atoms in total. The van der Waals surface area contributed by atoms with E-state index in [4.69, 9.17) is 16.3 Å². The summed E-state index contributed by atoms with van der Waals surface area (Å²) in [5, 5.41) is 0.542. The first kappa shape index (κ1) is 14.7. The average molecular weight is 299 g/mol. The molecular weight excluding hydrogens is 283 g/mol. The van der Waals surface area contributed by atoms with Gasteiger partial charge in [-0.2, -0.15) is 0 Å². The molecule has 20 heavy (non-hydrogen) atoms. The maximum absolute atomic E-state index is 14.7. The number of anilines is 1. The molecule has 108 valence electrons. The minimum Gasteiger partial charge on any atom is -0.452 e. The minimum atomic E-state index is -0.635. The lowest BCUT2D eigenvalue weighted by atomic mass is 10.0. The number of carbonyl (C=O) groups excluding carboxylic acids is 1. The van der Waals surface area contributed by atoms with Crippen LogP contribution in [0, 0.1) is 5.82 Å². The largest absolute Gasteiger partial charge is 0.452 e. The van der Waals surface area contributed by atoms with E-state index in [1.165, 1.54) is 24.3 Å². The molecule has 2 rings (SSSR count). The van der Waals surface area contributed by atoms with Crippen LogP contribution in [0.25, 0.3) is 10.9 Å². The number of halogens is 2. The van der Waals surface area contributed by atoms with Crippen molar-refractivity contribution in [2.75, 3.05) is 12.0 Å². The molecule has 0 aliphatic carbocycles. The van der Waals surface area contributed by atoms with Gasteiger partial charge in [0.1, 0.15) is 0 Å². The van der Waals surface area contributed by atoms with Gasteiger partial charge < -0.3 is 9.72 Å². The van der Waals surface area contributed by atoms with E-state index < -0.39 is 17.4 Å². The van der Waals surface area contributed by atoms with Crippen molar-refractivity contribution in [3.8, 4) is 0 Å². The molecule has 0 aliphatic rings. The lowest BCUT2D eigenvalue weighted by Crippen LogP contribution is -2.46. The second-order valence-electron chi connectivity index (χ2n) is 5.43. The summed E-state index contributed by atoms with van der Waals surface area (Å²) in [4.78, 5) is 16.1. The quantitative estimate of drug-likeness (QED) is 0.851. The fourth-order valence-electron chi connectivity index (χ4n) is 2.13.